The molecule has 1 unspecified atom stereocenters. The minimum Gasteiger partial charge on any atom is -0.490 e. The van der Waals surface area contributed by atoms with Gasteiger partial charge in [0, 0.05) is 12.6 Å². The second kappa shape index (κ2) is 17.6. The van der Waals surface area contributed by atoms with Crippen molar-refractivity contribution in [3.63, 3.8) is 0 Å². The fourth-order valence-corrected chi connectivity index (χ4v) is 6.62. The second-order valence-electron chi connectivity index (χ2n) is 13.0. The van der Waals surface area contributed by atoms with Gasteiger partial charge in [0.15, 0.2) is 14.1 Å². The van der Waals surface area contributed by atoms with E-state index in [4.69, 9.17) is 47.2 Å². The normalized spacial score (nSPS) is 15.4. The lowest BCUT2D eigenvalue weighted by Crippen LogP contribution is -2.46. The number of ether oxygens (including phenoxy) is 3. The van der Waals surface area contributed by atoms with Crippen LogP contribution in [0.5, 0.6) is 11.5 Å². The number of benzene rings is 3. The van der Waals surface area contributed by atoms with Gasteiger partial charge >= 0.3 is 6.09 Å². The van der Waals surface area contributed by atoms with Gasteiger partial charge in [-0.3, -0.25) is 0 Å². The van der Waals surface area contributed by atoms with E-state index in [-0.39, 0.29) is 37.0 Å². The third-order valence-electron chi connectivity index (χ3n) is 9.02. The molecule has 260 valence electrons. The van der Waals surface area contributed by atoms with Crippen molar-refractivity contribution in [2.24, 2.45) is 0 Å². The summed E-state index contributed by atoms with van der Waals surface area (Å²) >= 11 is 12.4. The Labute approximate surface area is 295 Å². The summed E-state index contributed by atoms with van der Waals surface area (Å²) in [5, 5.41) is 0.655. The lowest BCUT2D eigenvalue weighted by molar-refractivity contribution is -0.284. The van der Waals surface area contributed by atoms with E-state index >= 15 is 0 Å². The molecule has 1 N–H and O–H groups in total. The van der Waals surface area contributed by atoms with Crippen LogP contribution in [0.4, 0.5) is 4.79 Å². The molecule has 3 aromatic carbocycles. The Bertz CT molecular complexity index is 1490. The molecule has 8 nitrogen and oxygen atoms in total. The highest BCUT2D eigenvalue weighted by Gasteiger charge is 2.40. The van der Waals surface area contributed by atoms with E-state index in [1.165, 1.54) is 0 Å². The van der Waals surface area contributed by atoms with Crippen LogP contribution in [-0.2, 0) is 21.1 Å². The third-order valence-corrected chi connectivity index (χ3v) is 13.2. The molecule has 1 heterocycles. The number of nitrogens with zero attached hydrogens (tertiary/aromatic N) is 1. The van der Waals surface area contributed by atoms with Gasteiger partial charge in [0.25, 0.3) is 0 Å². The molecule has 0 fully saturated rings. The summed E-state index contributed by atoms with van der Waals surface area (Å²) in [6.07, 6.45) is 1.70. The first-order valence-corrected chi connectivity index (χ1v) is 20.0. The predicted molar refractivity (Wildman–Crippen MR) is 193 cm³/mol. The first-order chi connectivity index (χ1) is 22.9. The molecule has 1 aliphatic heterocycles. The number of hydrogen-bond donors (Lipinski definition) is 1. The molecule has 0 aromatic heterocycles. The van der Waals surface area contributed by atoms with Gasteiger partial charge in [0.05, 0.1) is 16.7 Å². The molecule has 0 aliphatic carbocycles. The molecule has 4 rings (SSSR count). The number of rotatable bonds is 16. The van der Waals surface area contributed by atoms with E-state index in [1.54, 1.807) is 18.2 Å². The molecular formula is C37H47Cl2NO7Si. The largest absolute Gasteiger partial charge is 0.490 e. The zero-order valence-corrected chi connectivity index (χ0v) is 31.0. The van der Waals surface area contributed by atoms with Crippen molar-refractivity contribution >= 4 is 43.2 Å². The van der Waals surface area contributed by atoms with Gasteiger partial charge in [-0.2, -0.15) is 0 Å². The summed E-state index contributed by atoms with van der Waals surface area (Å²) < 4.78 is 17.5. The van der Waals surface area contributed by atoms with Crippen molar-refractivity contribution in [3.05, 3.63) is 99.5 Å². The Morgan fingerprint density at radius 3 is 2.23 bits per heavy atom. The molecule has 1 amide bonds. The summed E-state index contributed by atoms with van der Waals surface area (Å²) in [6, 6.07) is 22.6. The zero-order chi connectivity index (χ0) is 34.7. The maximum Gasteiger partial charge on any atom is 0.410 e. The predicted octanol–water partition coefficient (Wildman–Crippen LogP) is 9.34. The van der Waals surface area contributed by atoms with Crippen LogP contribution in [0.25, 0.3) is 5.57 Å². The quantitative estimate of drug-likeness (QED) is 0.0685. The van der Waals surface area contributed by atoms with E-state index < -0.39 is 8.32 Å². The van der Waals surface area contributed by atoms with Crippen molar-refractivity contribution in [2.45, 2.75) is 70.8 Å². The van der Waals surface area contributed by atoms with Crippen LogP contribution in [0.3, 0.4) is 0 Å². The average Bonchev–Trinajstić information content (AvgIpc) is 3.06. The van der Waals surface area contributed by atoms with Gasteiger partial charge in [0.1, 0.15) is 32.2 Å². The fourth-order valence-electron chi connectivity index (χ4n) is 5.35. The Balaban J connectivity index is 1.52. The first kappa shape index (κ1) is 37.8. The van der Waals surface area contributed by atoms with Crippen LogP contribution in [0, 0.1) is 0 Å². The lowest BCUT2D eigenvalue weighted by Gasteiger charge is -2.41. The summed E-state index contributed by atoms with van der Waals surface area (Å²) in [5.41, 5.74) is 3.96. The number of halogens is 2. The molecule has 0 spiro atoms. The van der Waals surface area contributed by atoms with Gasteiger partial charge < -0.3 is 23.9 Å². The average molecular weight is 717 g/mol. The van der Waals surface area contributed by atoms with Crippen molar-refractivity contribution < 1.29 is 33.6 Å². The topological polar surface area (TPSA) is 86.7 Å². The Hall–Kier alpha value is -3.05. The highest BCUT2D eigenvalue weighted by Crippen LogP contribution is 2.43. The number of carbonyl (C=O) groups is 1. The van der Waals surface area contributed by atoms with Gasteiger partial charge in [-0.05, 0) is 90.9 Å². The molecule has 1 atom stereocenters. The molecule has 48 heavy (non-hydrogen) atoms. The van der Waals surface area contributed by atoms with Crippen LogP contribution in [0.1, 0.15) is 51.2 Å². The van der Waals surface area contributed by atoms with Crippen LogP contribution in [0.2, 0.25) is 28.2 Å². The monoisotopic (exact) mass is 715 g/mol. The molecule has 0 saturated carbocycles. The minimum absolute atomic E-state index is 0.139. The van der Waals surface area contributed by atoms with Crippen molar-refractivity contribution in [1.29, 1.82) is 0 Å². The lowest BCUT2D eigenvalue weighted by atomic mass is 9.86. The molecule has 0 saturated heterocycles. The van der Waals surface area contributed by atoms with E-state index in [1.807, 2.05) is 79.5 Å². The SMILES string of the molecule is CCOOCC1=C(c2ccc(OCCOc3c(Cl)cccc3Cl)cc2)CC(CCC(C)(C)[Si](C)(C)O)N(C(=O)OCc2ccccc2)C1. The molecular weight excluding hydrogens is 669 g/mol. The maximum absolute atomic E-state index is 13.6. The fraction of sp³-hybridized carbons (Fsp3) is 0.432. The van der Waals surface area contributed by atoms with Crippen LogP contribution in [-0.4, -0.2) is 63.1 Å². The van der Waals surface area contributed by atoms with Gasteiger partial charge in [-0.25, -0.2) is 14.6 Å². The Kier molecular flexibility index (Phi) is 13.8. The van der Waals surface area contributed by atoms with Crippen LogP contribution >= 0.6 is 23.2 Å². The highest BCUT2D eigenvalue weighted by molar-refractivity contribution is 6.72. The van der Waals surface area contributed by atoms with Gasteiger partial charge in [-0.15, -0.1) is 0 Å². The van der Waals surface area contributed by atoms with Crippen LogP contribution < -0.4 is 9.47 Å². The van der Waals surface area contributed by atoms with Crippen molar-refractivity contribution in [1.82, 2.24) is 4.90 Å². The summed E-state index contributed by atoms with van der Waals surface area (Å²) in [7, 11) is -2.46. The summed E-state index contributed by atoms with van der Waals surface area (Å²) in [4.78, 5) is 37.3. The van der Waals surface area contributed by atoms with E-state index in [2.05, 4.69) is 13.8 Å². The molecule has 1 aliphatic rings. The second-order valence-corrected chi connectivity index (χ2v) is 18.3. The van der Waals surface area contributed by atoms with Crippen molar-refractivity contribution in [2.75, 3.05) is 33.0 Å². The Morgan fingerprint density at radius 1 is 0.917 bits per heavy atom. The first-order valence-electron chi connectivity index (χ1n) is 16.3. The smallest absolute Gasteiger partial charge is 0.410 e. The molecule has 11 heteroatoms. The zero-order valence-electron chi connectivity index (χ0n) is 28.5. The summed E-state index contributed by atoms with van der Waals surface area (Å²) in [5.74, 6) is 1.13. The van der Waals surface area contributed by atoms with Crippen LogP contribution in [0.15, 0.2) is 78.4 Å². The standard InChI is InChI=1S/C37H47Cl2NO7Si/c1-6-46-47-26-29-24-40(36(41)45-25-27-11-8-7-9-12-27)30(19-20-37(2,3)48(4,5)42)23-32(29)28-15-17-31(18-16-28)43-21-22-44-35-33(38)13-10-14-34(35)39/h7-18,30,42H,6,19-26H2,1-5H3. The molecule has 3 aromatic rings. The number of carbonyl (C=O) groups excluding carboxylic acids is 1. The minimum atomic E-state index is -2.46. The summed E-state index contributed by atoms with van der Waals surface area (Å²) in [6.45, 7) is 11.7. The number of para-hydroxylation sites is 1. The molecule has 0 radical (unpaired) electrons. The van der Waals surface area contributed by atoms with E-state index in [9.17, 15) is 9.59 Å². The molecule has 0 bridgehead atoms. The number of hydrogen-bond acceptors (Lipinski definition) is 7. The van der Waals surface area contributed by atoms with Gasteiger partial charge in [-0.1, -0.05) is 85.6 Å². The maximum atomic E-state index is 13.6. The highest BCUT2D eigenvalue weighted by atomic mass is 35.5. The van der Waals surface area contributed by atoms with Crippen molar-refractivity contribution in [3.8, 4) is 11.5 Å². The third kappa shape index (κ3) is 10.5. The number of amides is 1. The van der Waals surface area contributed by atoms with E-state index in [0.29, 0.717) is 54.1 Å². The van der Waals surface area contributed by atoms with Gasteiger partial charge in [0.2, 0.25) is 0 Å². The Morgan fingerprint density at radius 2 is 1.58 bits per heavy atom. The van der Waals surface area contributed by atoms with E-state index in [0.717, 1.165) is 28.7 Å².